The smallest absolute Gasteiger partial charge is 0.119 e. The Morgan fingerprint density at radius 3 is 2.28 bits per heavy atom. The molecule has 1 aliphatic rings. The molecule has 0 aliphatic heterocycles. The first-order valence-electron chi connectivity index (χ1n) is 12.6. The minimum Gasteiger partial charge on any atom is -0.489 e. The van der Waals surface area contributed by atoms with Gasteiger partial charge in [-0.1, -0.05) is 69.0 Å². The fourth-order valence-electron chi connectivity index (χ4n) is 5.06. The van der Waals surface area contributed by atoms with Crippen molar-refractivity contribution in [3.63, 3.8) is 0 Å². The van der Waals surface area contributed by atoms with E-state index >= 15 is 0 Å². The molecule has 0 saturated heterocycles. The van der Waals surface area contributed by atoms with Gasteiger partial charge in [-0.3, -0.25) is 0 Å². The van der Waals surface area contributed by atoms with Crippen molar-refractivity contribution in [1.82, 2.24) is 0 Å². The molecule has 3 nitrogen and oxygen atoms in total. The topological polar surface area (TPSA) is 38.7 Å². The second kappa shape index (κ2) is 13.6. The summed E-state index contributed by atoms with van der Waals surface area (Å²) in [4.78, 5) is 0. The van der Waals surface area contributed by atoms with Gasteiger partial charge < -0.3 is 14.6 Å². The van der Waals surface area contributed by atoms with E-state index in [2.05, 4.69) is 43.3 Å². The van der Waals surface area contributed by atoms with Gasteiger partial charge in [-0.25, -0.2) is 0 Å². The highest BCUT2D eigenvalue weighted by atomic mass is 16.5. The summed E-state index contributed by atoms with van der Waals surface area (Å²) < 4.78 is 11.3. The Morgan fingerprint density at radius 2 is 1.66 bits per heavy atom. The third kappa shape index (κ3) is 7.64. The van der Waals surface area contributed by atoms with Crippen molar-refractivity contribution in [3.8, 4) is 5.75 Å². The number of aliphatic hydroxyl groups excluding tert-OH is 1. The molecule has 3 heteroatoms. The minimum absolute atomic E-state index is 0.169. The van der Waals surface area contributed by atoms with Crippen LogP contribution in [0.25, 0.3) is 0 Å². The molecule has 1 N–H and O–H groups in total. The van der Waals surface area contributed by atoms with Crippen LogP contribution in [0.1, 0.15) is 93.2 Å². The first-order valence-corrected chi connectivity index (χ1v) is 12.6. The lowest BCUT2D eigenvalue weighted by Gasteiger charge is -2.29. The fourth-order valence-corrected chi connectivity index (χ4v) is 5.06. The van der Waals surface area contributed by atoms with Crippen LogP contribution >= 0.6 is 0 Å². The maximum atomic E-state index is 9.26. The second-order valence-corrected chi connectivity index (χ2v) is 9.48. The van der Waals surface area contributed by atoms with E-state index in [-0.39, 0.29) is 12.5 Å². The summed E-state index contributed by atoms with van der Waals surface area (Å²) in [5.74, 6) is 2.79. The first kappa shape index (κ1) is 24.8. The summed E-state index contributed by atoms with van der Waals surface area (Å²) >= 11 is 0. The summed E-state index contributed by atoms with van der Waals surface area (Å²) in [6.45, 7) is 3.67. The first-order chi connectivity index (χ1) is 15.7. The number of ether oxygens (including phenoxy) is 2. The zero-order chi connectivity index (χ0) is 22.6. The summed E-state index contributed by atoms with van der Waals surface area (Å²) in [7, 11) is 1.70. The summed E-state index contributed by atoms with van der Waals surface area (Å²) in [5, 5.41) is 9.26. The van der Waals surface area contributed by atoms with Gasteiger partial charge in [0.05, 0.1) is 6.61 Å². The molecular formula is C29H42O3. The zero-order valence-electron chi connectivity index (χ0n) is 20.1. The van der Waals surface area contributed by atoms with E-state index in [0.29, 0.717) is 19.6 Å². The molecular weight excluding hydrogens is 396 g/mol. The highest BCUT2D eigenvalue weighted by molar-refractivity contribution is 5.30. The van der Waals surface area contributed by atoms with Crippen LogP contribution in [0.2, 0.25) is 0 Å². The molecule has 0 aromatic heterocycles. The molecule has 0 radical (unpaired) electrons. The molecule has 0 spiro atoms. The van der Waals surface area contributed by atoms with E-state index in [1.807, 2.05) is 12.1 Å². The lowest BCUT2D eigenvalue weighted by molar-refractivity contribution is 0.162. The molecule has 1 fully saturated rings. The summed E-state index contributed by atoms with van der Waals surface area (Å²) in [6, 6.07) is 17.3. The van der Waals surface area contributed by atoms with Crippen LogP contribution in [0.3, 0.4) is 0 Å². The third-order valence-electron chi connectivity index (χ3n) is 7.12. The largest absolute Gasteiger partial charge is 0.489 e. The molecule has 2 aromatic carbocycles. The maximum absolute atomic E-state index is 9.26. The Labute approximate surface area is 195 Å². The predicted molar refractivity (Wildman–Crippen MR) is 132 cm³/mol. The van der Waals surface area contributed by atoms with Gasteiger partial charge in [-0.15, -0.1) is 0 Å². The van der Waals surface area contributed by atoms with Crippen molar-refractivity contribution in [3.05, 3.63) is 65.2 Å². The molecule has 0 heterocycles. The zero-order valence-corrected chi connectivity index (χ0v) is 20.1. The number of hydrogen-bond acceptors (Lipinski definition) is 3. The molecule has 1 saturated carbocycles. The van der Waals surface area contributed by atoms with E-state index in [0.717, 1.165) is 17.6 Å². The molecule has 32 heavy (non-hydrogen) atoms. The van der Waals surface area contributed by atoms with Crippen LogP contribution in [0.4, 0.5) is 0 Å². The van der Waals surface area contributed by atoms with Crippen molar-refractivity contribution in [2.45, 2.75) is 83.2 Å². The monoisotopic (exact) mass is 438 g/mol. The third-order valence-corrected chi connectivity index (χ3v) is 7.12. The average molecular weight is 439 g/mol. The van der Waals surface area contributed by atoms with E-state index in [9.17, 15) is 5.11 Å². The number of aliphatic hydroxyl groups is 1. The SMILES string of the molecule is CCCCCC1CCC(c2ccc(COc3ccc(C(CCO)COC)cc3)cc2)CC1. The van der Waals surface area contributed by atoms with Crippen LogP contribution in [0.15, 0.2) is 48.5 Å². The number of unbranched alkanes of at least 4 members (excludes halogenated alkanes) is 2. The molecule has 1 aliphatic carbocycles. The van der Waals surface area contributed by atoms with Crippen molar-refractivity contribution < 1.29 is 14.6 Å². The van der Waals surface area contributed by atoms with Crippen LogP contribution in [0, 0.1) is 5.92 Å². The van der Waals surface area contributed by atoms with Gasteiger partial charge in [-0.05, 0) is 72.8 Å². The van der Waals surface area contributed by atoms with Crippen LogP contribution in [-0.4, -0.2) is 25.4 Å². The maximum Gasteiger partial charge on any atom is 0.119 e. The lowest BCUT2D eigenvalue weighted by Crippen LogP contribution is -2.13. The quantitative estimate of drug-likeness (QED) is 0.335. The number of hydrogen-bond donors (Lipinski definition) is 1. The molecule has 1 atom stereocenters. The molecule has 3 rings (SSSR count). The standard InChI is InChI=1S/C29H42O3/c1-3-4-5-6-23-7-11-25(12-8-23)26-13-9-24(10-14-26)21-32-29-17-15-27(16-18-29)28(19-20-30)22-31-2/h9-10,13-18,23,25,28,30H,3-8,11-12,19-22H2,1-2H3. The molecule has 176 valence electrons. The van der Waals surface area contributed by atoms with Gasteiger partial charge >= 0.3 is 0 Å². The number of benzene rings is 2. The Bertz CT molecular complexity index is 739. The normalized spacial score (nSPS) is 19.6. The Hall–Kier alpha value is -1.84. The van der Waals surface area contributed by atoms with Gasteiger partial charge in [-0.2, -0.15) is 0 Å². The molecule has 0 amide bonds. The predicted octanol–water partition coefficient (Wildman–Crippen LogP) is 7.23. The van der Waals surface area contributed by atoms with Gasteiger partial charge in [0.1, 0.15) is 12.4 Å². The highest BCUT2D eigenvalue weighted by Gasteiger charge is 2.22. The van der Waals surface area contributed by atoms with Crippen LogP contribution < -0.4 is 4.74 Å². The van der Waals surface area contributed by atoms with Crippen molar-refractivity contribution in [2.24, 2.45) is 5.92 Å². The van der Waals surface area contributed by atoms with Crippen LogP contribution in [0.5, 0.6) is 5.75 Å². The summed E-state index contributed by atoms with van der Waals surface area (Å²) in [6.07, 6.45) is 11.8. The van der Waals surface area contributed by atoms with E-state index in [1.165, 1.54) is 68.1 Å². The number of rotatable bonds is 13. The molecule has 1 unspecified atom stereocenters. The molecule has 2 aromatic rings. The highest BCUT2D eigenvalue weighted by Crippen LogP contribution is 2.37. The molecule has 0 bridgehead atoms. The number of methoxy groups -OCH3 is 1. The van der Waals surface area contributed by atoms with Gasteiger partial charge in [0, 0.05) is 19.6 Å². The van der Waals surface area contributed by atoms with Gasteiger partial charge in [0.15, 0.2) is 0 Å². The minimum atomic E-state index is 0.169. The van der Waals surface area contributed by atoms with Crippen molar-refractivity contribution in [1.29, 1.82) is 0 Å². The Kier molecular flexibility index (Phi) is 10.6. The van der Waals surface area contributed by atoms with Crippen molar-refractivity contribution >= 4 is 0 Å². The fraction of sp³-hybridized carbons (Fsp3) is 0.586. The van der Waals surface area contributed by atoms with E-state index in [4.69, 9.17) is 9.47 Å². The average Bonchev–Trinajstić information content (AvgIpc) is 2.84. The lowest BCUT2D eigenvalue weighted by atomic mass is 9.77. The Balaban J connectivity index is 1.45. The summed E-state index contributed by atoms with van der Waals surface area (Å²) in [5.41, 5.74) is 3.89. The van der Waals surface area contributed by atoms with E-state index < -0.39 is 0 Å². The second-order valence-electron chi connectivity index (χ2n) is 9.48. The Morgan fingerprint density at radius 1 is 0.938 bits per heavy atom. The van der Waals surface area contributed by atoms with Crippen molar-refractivity contribution in [2.75, 3.05) is 20.3 Å². The van der Waals surface area contributed by atoms with Gasteiger partial charge in [0.25, 0.3) is 0 Å². The van der Waals surface area contributed by atoms with Crippen LogP contribution in [-0.2, 0) is 11.3 Å². The van der Waals surface area contributed by atoms with Gasteiger partial charge in [0.2, 0.25) is 0 Å². The van der Waals surface area contributed by atoms with E-state index in [1.54, 1.807) is 7.11 Å².